The SMILES string of the molecule is CC1(C)CC[C@]2(C(=O)OCCn3c(=O)ccn([C@@H]4O[C@H](CO)[C@@H](O)[C@H]4O)c3=O)CC[C@]3(C)C(=CC[C@@H]4[C@@]5(C)CC[C@H](O)C(C)(C)C5CC[C@]43C)[C@@H]2C1. The first kappa shape index (κ1) is 38.0. The van der Waals surface area contributed by atoms with Gasteiger partial charge in [-0.2, -0.15) is 0 Å². The second-order valence-corrected chi connectivity index (χ2v) is 19.6. The molecule has 290 valence electrons. The zero-order valence-corrected chi connectivity index (χ0v) is 32.3. The van der Waals surface area contributed by atoms with Gasteiger partial charge in [-0.05, 0) is 109 Å². The van der Waals surface area contributed by atoms with E-state index in [2.05, 4.69) is 54.5 Å². The van der Waals surface area contributed by atoms with Gasteiger partial charge in [0.1, 0.15) is 24.9 Å². The van der Waals surface area contributed by atoms with Crippen molar-refractivity contribution in [2.75, 3.05) is 13.2 Å². The lowest BCUT2D eigenvalue weighted by atomic mass is 9.33. The number of ether oxygens (including phenoxy) is 2. The van der Waals surface area contributed by atoms with Gasteiger partial charge in [-0.15, -0.1) is 0 Å². The third kappa shape index (κ3) is 5.33. The predicted octanol–water partition coefficient (Wildman–Crippen LogP) is 4.33. The second kappa shape index (κ2) is 12.6. The number of nitrogens with zero attached hydrogens (tertiary/aromatic N) is 2. The van der Waals surface area contributed by atoms with Crippen LogP contribution in [0.3, 0.4) is 0 Å². The van der Waals surface area contributed by atoms with E-state index in [-0.39, 0.29) is 58.2 Å². The highest BCUT2D eigenvalue weighted by Gasteiger charge is 2.69. The molecule has 11 nitrogen and oxygen atoms in total. The van der Waals surface area contributed by atoms with Crippen molar-refractivity contribution in [3.8, 4) is 0 Å². The Balaban J connectivity index is 1.14. The van der Waals surface area contributed by atoms with Gasteiger partial charge in [-0.1, -0.05) is 60.1 Å². The zero-order valence-electron chi connectivity index (χ0n) is 32.3. The van der Waals surface area contributed by atoms with Crippen LogP contribution < -0.4 is 11.2 Å². The fourth-order valence-corrected chi connectivity index (χ4v) is 13.0. The first-order chi connectivity index (χ1) is 24.3. The lowest BCUT2D eigenvalue weighted by Crippen LogP contribution is -2.65. The largest absolute Gasteiger partial charge is 0.463 e. The predicted molar refractivity (Wildman–Crippen MR) is 194 cm³/mol. The number of hydrogen-bond donors (Lipinski definition) is 4. The number of allylic oxidation sites excluding steroid dienone is 2. The molecule has 0 bridgehead atoms. The molecule has 1 saturated heterocycles. The summed E-state index contributed by atoms with van der Waals surface area (Å²) in [5, 5.41) is 41.3. The number of hydrogen-bond acceptors (Lipinski definition) is 9. The average molecular weight is 727 g/mol. The van der Waals surface area contributed by atoms with Gasteiger partial charge >= 0.3 is 11.7 Å². The fraction of sp³-hybridized carbons (Fsp3) is 0.829. The molecule has 7 rings (SSSR count). The number of fused-ring (bicyclic) bond motifs is 7. The Morgan fingerprint density at radius 1 is 0.923 bits per heavy atom. The van der Waals surface area contributed by atoms with Gasteiger partial charge < -0.3 is 29.9 Å². The molecule has 1 aromatic heterocycles. The molecule has 0 radical (unpaired) electrons. The maximum atomic E-state index is 14.5. The average Bonchev–Trinajstić information content (AvgIpc) is 3.37. The van der Waals surface area contributed by atoms with Crippen molar-refractivity contribution in [2.24, 2.45) is 50.2 Å². The van der Waals surface area contributed by atoms with Crippen molar-refractivity contribution < 1.29 is 34.7 Å². The first-order valence-electron chi connectivity index (χ1n) is 19.8. The molecule has 0 spiro atoms. The number of aromatic nitrogens is 2. The number of carbonyl (C=O) groups is 1. The molecule has 1 unspecified atom stereocenters. The van der Waals surface area contributed by atoms with E-state index in [1.807, 2.05) is 0 Å². The highest BCUT2D eigenvalue weighted by molar-refractivity contribution is 5.78. The number of aliphatic hydroxyl groups is 4. The summed E-state index contributed by atoms with van der Waals surface area (Å²) in [6.07, 6.45) is 7.50. The van der Waals surface area contributed by atoms with E-state index < -0.39 is 47.8 Å². The summed E-state index contributed by atoms with van der Waals surface area (Å²) in [6.45, 7) is 15.8. The highest BCUT2D eigenvalue weighted by Crippen LogP contribution is 2.75. The summed E-state index contributed by atoms with van der Waals surface area (Å²) in [4.78, 5) is 40.8. The van der Waals surface area contributed by atoms with E-state index in [1.54, 1.807) is 0 Å². The number of aliphatic hydroxyl groups excluding tert-OH is 4. The molecule has 1 aromatic rings. The van der Waals surface area contributed by atoms with E-state index >= 15 is 0 Å². The van der Waals surface area contributed by atoms with Gasteiger partial charge in [-0.3, -0.25) is 18.7 Å². The van der Waals surface area contributed by atoms with Gasteiger partial charge in [0.2, 0.25) is 0 Å². The first-order valence-corrected chi connectivity index (χ1v) is 19.8. The molecule has 6 aliphatic rings. The summed E-state index contributed by atoms with van der Waals surface area (Å²) in [6, 6.07) is 1.17. The molecule has 0 amide bonds. The maximum Gasteiger partial charge on any atom is 0.333 e. The molecular weight excluding hydrogens is 664 g/mol. The second-order valence-electron chi connectivity index (χ2n) is 19.6. The Bertz CT molecular complexity index is 1730. The Labute approximate surface area is 307 Å². The van der Waals surface area contributed by atoms with Crippen LogP contribution in [0.5, 0.6) is 0 Å². The minimum absolute atomic E-state index is 0.0407. The van der Waals surface area contributed by atoms with E-state index in [0.717, 1.165) is 73.3 Å². The molecule has 1 aliphatic heterocycles. The Morgan fingerprint density at radius 2 is 1.63 bits per heavy atom. The Hall–Kier alpha value is -2.31. The number of carbonyl (C=O) groups excluding carboxylic acids is 1. The van der Waals surface area contributed by atoms with Gasteiger partial charge in [0.25, 0.3) is 5.56 Å². The van der Waals surface area contributed by atoms with Crippen LogP contribution in [0.2, 0.25) is 0 Å². The van der Waals surface area contributed by atoms with Crippen LogP contribution in [0.15, 0.2) is 33.5 Å². The molecular formula is C41H62N2O9. The van der Waals surface area contributed by atoms with Crippen molar-refractivity contribution in [3.63, 3.8) is 0 Å². The van der Waals surface area contributed by atoms with Crippen molar-refractivity contribution >= 4 is 5.97 Å². The molecule has 5 fully saturated rings. The van der Waals surface area contributed by atoms with E-state index in [1.165, 1.54) is 17.8 Å². The number of esters is 1. The molecule has 52 heavy (non-hydrogen) atoms. The topological polar surface area (TPSA) is 160 Å². The van der Waals surface area contributed by atoms with Crippen LogP contribution in [0.1, 0.15) is 119 Å². The molecule has 11 heteroatoms. The summed E-state index contributed by atoms with van der Waals surface area (Å²) >= 11 is 0. The molecule has 4 N–H and O–H groups in total. The van der Waals surface area contributed by atoms with Crippen LogP contribution in [-0.4, -0.2) is 73.2 Å². The Kier molecular flexibility index (Phi) is 9.22. The van der Waals surface area contributed by atoms with E-state index in [0.29, 0.717) is 11.8 Å². The summed E-state index contributed by atoms with van der Waals surface area (Å²) in [5.74, 6) is 0.749. The van der Waals surface area contributed by atoms with Gasteiger partial charge in [0.05, 0.1) is 24.7 Å². The van der Waals surface area contributed by atoms with Crippen molar-refractivity contribution in [3.05, 3.63) is 44.8 Å². The quantitative estimate of drug-likeness (QED) is 0.247. The van der Waals surface area contributed by atoms with Crippen LogP contribution in [0.4, 0.5) is 0 Å². The standard InChI is InChI=1S/C41H62N2O9/c1-36(2)15-17-41(34(49)51-21-20-42-30(46)12-19-43(35(42)50)33-32(48)31(47)26(23-44)52-33)18-16-39(6)24(25(41)22-36)8-9-28-38(5)13-11-29(45)37(3,4)27(38)10-14-40(28,39)7/h8,12,19,25-29,31-33,44-45,47-48H,9-11,13-18,20-23H2,1-7H3/t25-,26+,27?,28+,29-,31+,32+,33+,38-,39+,40+,41-/m0/s1. The molecule has 12 atom stereocenters. The van der Waals surface area contributed by atoms with Crippen LogP contribution in [0, 0.1) is 50.2 Å². The minimum Gasteiger partial charge on any atom is -0.463 e. The van der Waals surface area contributed by atoms with Crippen molar-refractivity contribution in [1.82, 2.24) is 9.13 Å². The summed E-state index contributed by atoms with van der Waals surface area (Å²) < 4.78 is 13.6. The molecule has 5 aliphatic carbocycles. The van der Waals surface area contributed by atoms with E-state index in [9.17, 15) is 34.8 Å². The molecule has 0 aromatic carbocycles. The fourth-order valence-electron chi connectivity index (χ4n) is 13.0. The normalized spacial score (nSPS) is 44.8. The lowest BCUT2D eigenvalue weighted by molar-refractivity contribution is -0.206. The van der Waals surface area contributed by atoms with Crippen LogP contribution in [-0.2, 0) is 20.8 Å². The third-order valence-electron chi connectivity index (χ3n) is 16.5. The van der Waals surface area contributed by atoms with Crippen LogP contribution in [0.25, 0.3) is 0 Å². The van der Waals surface area contributed by atoms with Crippen molar-refractivity contribution in [2.45, 2.75) is 150 Å². The monoisotopic (exact) mass is 726 g/mol. The van der Waals surface area contributed by atoms with Crippen molar-refractivity contribution in [1.29, 1.82) is 0 Å². The summed E-state index contributed by atoms with van der Waals surface area (Å²) in [7, 11) is 0. The molecule has 4 saturated carbocycles. The number of rotatable bonds is 6. The van der Waals surface area contributed by atoms with Gasteiger partial charge in [-0.25, -0.2) is 4.79 Å². The van der Waals surface area contributed by atoms with E-state index in [4.69, 9.17) is 9.47 Å². The lowest BCUT2D eigenvalue weighted by Gasteiger charge is -2.71. The van der Waals surface area contributed by atoms with Gasteiger partial charge in [0, 0.05) is 12.3 Å². The smallest absolute Gasteiger partial charge is 0.333 e. The minimum atomic E-state index is -1.48. The molecule has 2 heterocycles. The summed E-state index contributed by atoms with van der Waals surface area (Å²) in [5.41, 5.74) is -0.513. The van der Waals surface area contributed by atoms with Crippen LogP contribution >= 0.6 is 0 Å². The van der Waals surface area contributed by atoms with Gasteiger partial charge in [0.15, 0.2) is 6.23 Å². The Morgan fingerprint density at radius 3 is 2.33 bits per heavy atom. The zero-order chi connectivity index (χ0) is 37.8. The highest BCUT2D eigenvalue weighted by atomic mass is 16.6. The maximum absolute atomic E-state index is 14.5. The third-order valence-corrected chi connectivity index (χ3v) is 16.5.